The third-order valence-electron chi connectivity index (χ3n) is 2.70. The van der Waals surface area contributed by atoms with Crippen molar-refractivity contribution in [1.82, 2.24) is 15.3 Å². The zero-order valence-electron chi connectivity index (χ0n) is 11.4. The fourth-order valence-electron chi connectivity index (χ4n) is 1.70. The van der Waals surface area contributed by atoms with Crippen molar-refractivity contribution >= 4 is 17.4 Å². The number of aromatic nitrogens is 2. The molecule has 0 saturated carbocycles. The summed E-state index contributed by atoms with van der Waals surface area (Å²) in [6, 6.07) is 0.612. The molecular formula is C12H13N5O4. The van der Waals surface area contributed by atoms with E-state index in [1.807, 2.05) is 0 Å². The minimum Gasteiger partial charge on any atom is -0.444 e. The van der Waals surface area contributed by atoms with Crippen LogP contribution >= 0.6 is 0 Å². The molecule has 0 spiro atoms. The molecule has 1 amide bonds. The standard InChI is InChI=1S/C12H13N5O4/c1-6-4-15-12(21-6)7(2)16-11(18)8-3-10(13)14-5-9(8)17(19)20/h3-5,7H,1-2H3,(H2,13,14)(H,16,18). The van der Waals surface area contributed by atoms with Gasteiger partial charge in [-0.05, 0) is 19.9 Å². The lowest BCUT2D eigenvalue weighted by atomic mass is 10.2. The summed E-state index contributed by atoms with van der Waals surface area (Å²) in [6.07, 6.45) is 2.47. The van der Waals surface area contributed by atoms with E-state index < -0.39 is 22.6 Å². The molecule has 0 radical (unpaired) electrons. The van der Waals surface area contributed by atoms with Gasteiger partial charge in [0.2, 0.25) is 5.89 Å². The minimum atomic E-state index is -0.693. The first-order valence-electron chi connectivity index (χ1n) is 6.01. The monoisotopic (exact) mass is 291 g/mol. The van der Waals surface area contributed by atoms with E-state index in [2.05, 4.69) is 15.3 Å². The summed E-state index contributed by atoms with van der Waals surface area (Å²) in [4.78, 5) is 30.0. The zero-order chi connectivity index (χ0) is 15.6. The van der Waals surface area contributed by atoms with Gasteiger partial charge < -0.3 is 15.5 Å². The van der Waals surface area contributed by atoms with Crippen LogP contribution in [0.3, 0.4) is 0 Å². The van der Waals surface area contributed by atoms with Crippen molar-refractivity contribution in [1.29, 1.82) is 0 Å². The number of nitrogens with zero attached hydrogens (tertiary/aromatic N) is 3. The first kappa shape index (κ1) is 14.4. The second-order valence-electron chi connectivity index (χ2n) is 4.39. The van der Waals surface area contributed by atoms with Gasteiger partial charge in [0.1, 0.15) is 29.4 Å². The molecule has 3 N–H and O–H groups in total. The van der Waals surface area contributed by atoms with E-state index in [-0.39, 0.29) is 11.4 Å². The number of nitrogens with two attached hydrogens (primary N) is 1. The fourth-order valence-corrected chi connectivity index (χ4v) is 1.70. The van der Waals surface area contributed by atoms with E-state index in [0.717, 1.165) is 12.3 Å². The molecule has 2 aromatic rings. The highest BCUT2D eigenvalue weighted by molar-refractivity contribution is 5.98. The predicted molar refractivity (Wildman–Crippen MR) is 72.4 cm³/mol. The van der Waals surface area contributed by atoms with Gasteiger partial charge in [0.25, 0.3) is 11.6 Å². The van der Waals surface area contributed by atoms with Gasteiger partial charge in [-0.15, -0.1) is 0 Å². The van der Waals surface area contributed by atoms with E-state index in [4.69, 9.17) is 10.2 Å². The summed E-state index contributed by atoms with van der Waals surface area (Å²) in [5.74, 6) is 0.278. The SMILES string of the molecule is Cc1cnc(C(C)NC(=O)c2cc(N)ncc2[N+](=O)[O-])o1. The van der Waals surface area contributed by atoms with Crippen LogP contribution in [0.15, 0.2) is 22.9 Å². The first-order valence-corrected chi connectivity index (χ1v) is 6.01. The Hall–Kier alpha value is -2.97. The van der Waals surface area contributed by atoms with E-state index in [9.17, 15) is 14.9 Å². The molecule has 0 aliphatic heterocycles. The highest BCUT2D eigenvalue weighted by Crippen LogP contribution is 2.20. The summed E-state index contributed by atoms with van der Waals surface area (Å²) in [6.45, 7) is 3.37. The molecule has 9 heteroatoms. The minimum absolute atomic E-state index is 0.0189. The van der Waals surface area contributed by atoms with Crippen LogP contribution in [0, 0.1) is 17.0 Å². The maximum atomic E-state index is 12.1. The summed E-state index contributed by atoms with van der Waals surface area (Å²) in [5, 5.41) is 13.5. The van der Waals surface area contributed by atoms with Crippen LogP contribution in [-0.2, 0) is 0 Å². The van der Waals surface area contributed by atoms with Crippen molar-refractivity contribution in [2.45, 2.75) is 19.9 Å². The summed E-state index contributed by atoms with van der Waals surface area (Å²) < 4.78 is 5.29. The number of amides is 1. The maximum absolute atomic E-state index is 12.1. The number of carbonyl (C=O) groups is 1. The number of nitrogen functional groups attached to an aromatic ring is 1. The molecule has 9 nitrogen and oxygen atoms in total. The summed E-state index contributed by atoms with van der Waals surface area (Å²) in [5.41, 5.74) is 4.88. The van der Waals surface area contributed by atoms with Crippen molar-refractivity contribution in [2.75, 3.05) is 5.73 Å². The Morgan fingerprint density at radius 2 is 2.19 bits per heavy atom. The van der Waals surface area contributed by atoms with Gasteiger partial charge in [-0.1, -0.05) is 0 Å². The van der Waals surface area contributed by atoms with Gasteiger partial charge in [0, 0.05) is 0 Å². The van der Waals surface area contributed by atoms with E-state index in [0.29, 0.717) is 11.7 Å². The van der Waals surface area contributed by atoms with Gasteiger partial charge in [-0.3, -0.25) is 14.9 Å². The smallest absolute Gasteiger partial charge is 0.300 e. The van der Waals surface area contributed by atoms with Gasteiger partial charge in [-0.25, -0.2) is 9.97 Å². The number of anilines is 1. The van der Waals surface area contributed by atoms with Crippen molar-refractivity contribution < 1.29 is 14.1 Å². The average Bonchev–Trinajstić information content (AvgIpc) is 2.85. The summed E-state index contributed by atoms with van der Waals surface area (Å²) >= 11 is 0. The molecule has 2 rings (SSSR count). The molecule has 2 heterocycles. The number of rotatable bonds is 4. The number of hydrogen-bond acceptors (Lipinski definition) is 7. The van der Waals surface area contributed by atoms with Crippen LogP contribution < -0.4 is 11.1 Å². The number of carbonyl (C=O) groups excluding carboxylic acids is 1. The lowest BCUT2D eigenvalue weighted by molar-refractivity contribution is -0.385. The van der Waals surface area contributed by atoms with Crippen LogP contribution in [0.1, 0.15) is 35.0 Å². The molecule has 0 aromatic carbocycles. The Labute approximate surface area is 119 Å². The Morgan fingerprint density at radius 3 is 2.76 bits per heavy atom. The number of oxazole rings is 1. The van der Waals surface area contributed by atoms with Crippen molar-refractivity contribution in [3.8, 4) is 0 Å². The van der Waals surface area contributed by atoms with Gasteiger partial charge in [-0.2, -0.15) is 0 Å². The Morgan fingerprint density at radius 1 is 1.48 bits per heavy atom. The highest BCUT2D eigenvalue weighted by atomic mass is 16.6. The topological polar surface area (TPSA) is 137 Å². The number of hydrogen-bond donors (Lipinski definition) is 2. The number of nitrogens with one attached hydrogen (secondary N) is 1. The van der Waals surface area contributed by atoms with Crippen molar-refractivity contribution in [3.63, 3.8) is 0 Å². The van der Waals surface area contributed by atoms with Crippen molar-refractivity contribution in [2.24, 2.45) is 0 Å². The van der Waals surface area contributed by atoms with Crippen LogP contribution in [0.5, 0.6) is 0 Å². The molecule has 0 bridgehead atoms. The Bertz CT molecular complexity index is 697. The maximum Gasteiger partial charge on any atom is 0.300 e. The molecule has 21 heavy (non-hydrogen) atoms. The van der Waals surface area contributed by atoms with Gasteiger partial charge >= 0.3 is 0 Å². The fraction of sp³-hybridized carbons (Fsp3) is 0.250. The summed E-state index contributed by atoms with van der Waals surface area (Å²) in [7, 11) is 0. The molecule has 0 fully saturated rings. The molecule has 0 aliphatic rings. The van der Waals surface area contributed by atoms with Crippen molar-refractivity contribution in [3.05, 3.63) is 45.8 Å². The van der Waals surface area contributed by atoms with Crippen LogP contribution in [0.2, 0.25) is 0 Å². The molecular weight excluding hydrogens is 278 g/mol. The lowest BCUT2D eigenvalue weighted by Gasteiger charge is -2.10. The van der Waals surface area contributed by atoms with E-state index >= 15 is 0 Å². The van der Waals surface area contributed by atoms with Crippen LogP contribution in [0.4, 0.5) is 11.5 Å². The molecule has 0 aliphatic carbocycles. The first-order chi connectivity index (χ1) is 9.88. The van der Waals surface area contributed by atoms with Gasteiger partial charge in [0.05, 0.1) is 11.1 Å². The second-order valence-corrected chi connectivity index (χ2v) is 4.39. The highest BCUT2D eigenvalue weighted by Gasteiger charge is 2.23. The Balaban J connectivity index is 2.24. The average molecular weight is 291 g/mol. The number of nitro groups is 1. The lowest BCUT2D eigenvalue weighted by Crippen LogP contribution is -2.27. The van der Waals surface area contributed by atoms with Crippen LogP contribution in [-0.4, -0.2) is 20.8 Å². The molecule has 110 valence electrons. The number of aryl methyl sites for hydroxylation is 1. The van der Waals surface area contributed by atoms with Gasteiger partial charge in [0.15, 0.2) is 0 Å². The predicted octanol–water partition coefficient (Wildman–Crippen LogP) is 1.36. The largest absolute Gasteiger partial charge is 0.444 e. The molecule has 1 unspecified atom stereocenters. The normalized spacial score (nSPS) is 11.9. The Kier molecular flexibility index (Phi) is 3.83. The zero-order valence-corrected chi connectivity index (χ0v) is 11.4. The van der Waals surface area contributed by atoms with E-state index in [1.165, 1.54) is 6.20 Å². The second kappa shape index (κ2) is 5.57. The third kappa shape index (κ3) is 3.14. The quantitative estimate of drug-likeness (QED) is 0.640. The number of pyridine rings is 1. The molecule has 2 aromatic heterocycles. The van der Waals surface area contributed by atoms with Crippen LogP contribution in [0.25, 0.3) is 0 Å². The molecule has 1 atom stereocenters. The molecule has 0 saturated heterocycles. The third-order valence-corrected chi connectivity index (χ3v) is 2.70. The van der Waals surface area contributed by atoms with E-state index in [1.54, 1.807) is 13.8 Å².